The Labute approximate surface area is 168 Å². The molecule has 0 fully saturated rings. The number of rotatable bonds is 7. The van der Waals surface area contributed by atoms with E-state index in [0.717, 1.165) is 38.5 Å². The quantitative estimate of drug-likeness (QED) is 0.228. The molecule has 0 heterocycles. The molecule has 0 saturated heterocycles. The molecule has 1 rings (SSSR count). The van der Waals surface area contributed by atoms with Crippen molar-refractivity contribution in [2.45, 2.75) is 59.3 Å². The van der Waals surface area contributed by atoms with E-state index in [1.165, 1.54) is 12.1 Å². The minimum atomic E-state index is -3.48. The second kappa shape index (κ2) is 31.0. The van der Waals surface area contributed by atoms with Crippen LogP contribution < -0.4 is 5.19 Å². The summed E-state index contributed by atoms with van der Waals surface area (Å²) in [7, 11) is -3.48. The summed E-state index contributed by atoms with van der Waals surface area (Å²) in [6.07, 6.45) is 6.64. The van der Waals surface area contributed by atoms with Crippen LogP contribution in [-0.2, 0) is 25.8 Å². The van der Waals surface area contributed by atoms with Crippen molar-refractivity contribution in [3.8, 4) is 0 Å². The zero-order valence-electron chi connectivity index (χ0n) is 15.5. The van der Waals surface area contributed by atoms with Gasteiger partial charge in [0.15, 0.2) is 0 Å². The summed E-state index contributed by atoms with van der Waals surface area (Å²) in [6.45, 7) is 8.06. The van der Waals surface area contributed by atoms with Gasteiger partial charge >= 0.3 is 35.3 Å². The van der Waals surface area contributed by atoms with E-state index in [9.17, 15) is 8.22 Å². The van der Waals surface area contributed by atoms with Crippen molar-refractivity contribution < 1.29 is 34.1 Å². The molecule has 7 heteroatoms. The van der Waals surface area contributed by atoms with Gasteiger partial charge in [0, 0.05) is 0 Å². The number of hydrogen-bond donors (Lipinski definition) is 0. The minimum Gasteiger partial charge on any atom is -0.677 e. The Morgan fingerprint density at radius 1 is 0.750 bits per heavy atom. The van der Waals surface area contributed by atoms with Gasteiger partial charge in [-0.1, -0.05) is 59.3 Å². The summed E-state index contributed by atoms with van der Waals surface area (Å²) in [5, 5.41) is 0.241. The zero-order chi connectivity index (χ0) is 18.3. The molecule has 3 nitrogen and oxygen atoms in total. The molecule has 0 aliphatic rings. The SMILES string of the molecule is CCCC[NH-].CCCC[NH-].CCCC[NH-].F[SiH](F)[c-]1cccc1.[Hf+4]. The number of halogens is 2. The predicted octanol–water partition coefficient (Wildman–Crippen LogP) is 6.29. The van der Waals surface area contributed by atoms with Crippen LogP contribution in [-0.4, -0.2) is 29.1 Å². The molecule has 0 aliphatic carbocycles. The second-order valence-electron chi connectivity index (χ2n) is 4.83. The number of nitrogens with one attached hydrogen (secondary N) is 3. The van der Waals surface area contributed by atoms with Crippen molar-refractivity contribution in [2.75, 3.05) is 19.6 Å². The van der Waals surface area contributed by atoms with Crippen LogP contribution in [0.15, 0.2) is 24.3 Å². The van der Waals surface area contributed by atoms with Crippen molar-refractivity contribution in [1.29, 1.82) is 0 Å². The van der Waals surface area contributed by atoms with E-state index in [1.807, 2.05) is 0 Å². The Morgan fingerprint density at radius 2 is 1.04 bits per heavy atom. The van der Waals surface area contributed by atoms with E-state index < -0.39 is 9.46 Å². The third-order valence-electron chi connectivity index (χ3n) is 2.53. The smallest absolute Gasteiger partial charge is 0.677 e. The Morgan fingerprint density at radius 3 is 1.12 bits per heavy atom. The van der Waals surface area contributed by atoms with Gasteiger partial charge in [0.05, 0.1) is 0 Å². The summed E-state index contributed by atoms with van der Waals surface area (Å²) in [4.78, 5) is 0. The van der Waals surface area contributed by atoms with E-state index in [1.54, 1.807) is 12.1 Å². The summed E-state index contributed by atoms with van der Waals surface area (Å²) in [5.74, 6) is 0. The molecule has 3 N–H and O–H groups in total. The molecule has 0 bridgehead atoms. The van der Waals surface area contributed by atoms with Gasteiger partial charge in [0.1, 0.15) is 0 Å². The van der Waals surface area contributed by atoms with E-state index in [-0.39, 0.29) is 31.0 Å². The fourth-order valence-corrected chi connectivity index (χ4v) is 1.58. The van der Waals surface area contributed by atoms with Crippen LogP contribution in [0.2, 0.25) is 0 Å². The van der Waals surface area contributed by atoms with E-state index in [4.69, 9.17) is 17.2 Å². The number of unbranched alkanes of at least 4 members (excludes halogenated alkanes) is 3. The van der Waals surface area contributed by atoms with Crippen molar-refractivity contribution >= 4 is 14.7 Å². The van der Waals surface area contributed by atoms with Gasteiger partial charge in [0.2, 0.25) is 0 Å². The molecule has 0 radical (unpaired) electrons. The van der Waals surface area contributed by atoms with Gasteiger partial charge < -0.3 is 17.2 Å². The summed E-state index contributed by atoms with van der Waals surface area (Å²) >= 11 is 0. The molecular weight excluding hydrogens is 491 g/mol. The van der Waals surface area contributed by atoms with Crippen LogP contribution in [0.25, 0.3) is 17.2 Å². The molecule has 0 aliphatic heterocycles. The van der Waals surface area contributed by atoms with E-state index in [0.29, 0.717) is 19.6 Å². The predicted molar refractivity (Wildman–Crippen MR) is 103 cm³/mol. The molecule has 140 valence electrons. The van der Waals surface area contributed by atoms with Crippen LogP contribution in [0, 0.1) is 0 Å². The molecule has 24 heavy (non-hydrogen) atoms. The average Bonchev–Trinajstić information content (AvgIpc) is 3.06. The first-order valence-electron chi connectivity index (χ1n) is 8.48. The number of hydrogen-bond acceptors (Lipinski definition) is 0. The third-order valence-corrected chi connectivity index (χ3v) is 3.42. The Bertz CT molecular complexity index is 257. The zero-order valence-corrected chi connectivity index (χ0v) is 20.3. The van der Waals surface area contributed by atoms with Crippen LogP contribution >= 0.6 is 0 Å². The first-order chi connectivity index (χ1) is 11.0. The van der Waals surface area contributed by atoms with E-state index >= 15 is 0 Å². The molecule has 0 amide bonds. The van der Waals surface area contributed by atoms with Gasteiger partial charge in [0.25, 0.3) is 0 Å². The maximum atomic E-state index is 11.7. The monoisotopic (exact) mass is 527 g/mol. The van der Waals surface area contributed by atoms with Gasteiger partial charge in [-0.15, -0.1) is 5.19 Å². The molecule has 0 saturated carbocycles. The first kappa shape index (κ1) is 31.9. The minimum absolute atomic E-state index is 0. The fourth-order valence-electron chi connectivity index (χ4n) is 1.06. The standard InChI is InChI=1S/C5H5F2Si.3C4H10N.Hf/c6-8(7)5-3-1-2-4-5;3*1-2-3-4-5;/h1-4,8H;3*5H,2-4H2,1H3;/q4*-1;+4. The molecule has 1 aromatic rings. The summed E-state index contributed by atoms with van der Waals surface area (Å²) in [5.41, 5.74) is 19.8. The van der Waals surface area contributed by atoms with Gasteiger partial charge in [-0.05, 0) is 0 Å². The maximum absolute atomic E-state index is 11.7. The fraction of sp³-hybridized carbons (Fsp3) is 0.706. The Hall–Kier alpha value is 0.177. The topological polar surface area (TPSA) is 71.4 Å². The second-order valence-corrected chi connectivity index (χ2v) is 6.10. The Kier molecular flexibility index (Phi) is 41.2. The molecule has 0 spiro atoms. The summed E-state index contributed by atoms with van der Waals surface area (Å²) < 4.78 is 23.5. The van der Waals surface area contributed by atoms with Gasteiger partial charge in [-0.3, -0.25) is 8.22 Å². The van der Waals surface area contributed by atoms with Crippen molar-refractivity contribution in [2.24, 2.45) is 0 Å². The molecule has 0 aromatic heterocycles. The van der Waals surface area contributed by atoms with Crippen LogP contribution in [0.4, 0.5) is 8.22 Å². The van der Waals surface area contributed by atoms with Crippen molar-refractivity contribution in [3.63, 3.8) is 0 Å². The molecule has 0 unspecified atom stereocenters. The molecule has 1 aromatic carbocycles. The molecule has 0 atom stereocenters. The maximum Gasteiger partial charge on any atom is 4.00 e. The van der Waals surface area contributed by atoms with Crippen LogP contribution in [0.5, 0.6) is 0 Å². The van der Waals surface area contributed by atoms with Crippen molar-refractivity contribution in [3.05, 3.63) is 41.5 Å². The average molecular weight is 526 g/mol. The van der Waals surface area contributed by atoms with Gasteiger partial charge in [-0.2, -0.15) is 31.8 Å². The Balaban J connectivity index is -0.000000113. The molecular formula is C17H35F2HfN3Si. The largest absolute Gasteiger partial charge is 4.00 e. The van der Waals surface area contributed by atoms with Crippen molar-refractivity contribution in [1.82, 2.24) is 0 Å². The third kappa shape index (κ3) is 33.7. The normalized spacial score (nSPS) is 8.71. The van der Waals surface area contributed by atoms with Crippen LogP contribution in [0.3, 0.4) is 0 Å². The van der Waals surface area contributed by atoms with E-state index in [2.05, 4.69) is 20.8 Å². The van der Waals surface area contributed by atoms with Crippen LogP contribution in [0.1, 0.15) is 59.3 Å². The van der Waals surface area contributed by atoms with Gasteiger partial charge in [-0.25, -0.2) is 12.1 Å². The first-order valence-corrected chi connectivity index (χ1v) is 9.93. The summed E-state index contributed by atoms with van der Waals surface area (Å²) in [6, 6.07) is 6.21.